The molecule has 158 valence electrons. The van der Waals surface area contributed by atoms with Gasteiger partial charge in [-0.05, 0) is 42.5 Å². The molecule has 0 fully saturated rings. The summed E-state index contributed by atoms with van der Waals surface area (Å²) in [6.07, 6.45) is 2.98. The van der Waals surface area contributed by atoms with E-state index in [4.69, 9.17) is 14.7 Å². The molecule has 0 saturated carbocycles. The standard InChI is InChI=1S/C23H18BrNO6/c1-30-21-8-3-2-5-15(21)9-11-20(26)19-14-17(24)10-12-22(19)31-23(27)16-6-4-7-18(13-16)25(28)29/h2-14,25,28H,1H3. The summed E-state index contributed by atoms with van der Waals surface area (Å²) in [4.78, 5) is 25.4. The minimum Gasteiger partial charge on any atom is -0.595 e. The molecule has 0 aromatic heterocycles. The lowest BCUT2D eigenvalue weighted by Gasteiger charge is -2.13. The average molecular weight is 484 g/mol. The first kappa shape index (κ1) is 22.4. The number of para-hydroxylation sites is 1. The fourth-order valence-electron chi connectivity index (χ4n) is 2.78. The van der Waals surface area contributed by atoms with Crippen molar-refractivity contribution in [3.8, 4) is 11.5 Å². The molecule has 0 aliphatic carbocycles. The number of ketones is 1. The Bertz CT molecular complexity index is 1140. The van der Waals surface area contributed by atoms with Gasteiger partial charge >= 0.3 is 5.97 Å². The van der Waals surface area contributed by atoms with Gasteiger partial charge in [0.05, 0.1) is 18.2 Å². The van der Waals surface area contributed by atoms with E-state index in [-0.39, 0.29) is 28.3 Å². The number of carbonyl (C=O) groups excluding carboxylic acids is 2. The maximum absolute atomic E-state index is 12.8. The molecular weight excluding hydrogens is 466 g/mol. The number of benzene rings is 3. The van der Waals surface area contributed by atoms with E-state index < -0.39 is 11.2 Å². The van der Waals surface area contributed by atoms with Crippen LogP contribution in [-0.2, 0) is 0 Å². The molecule has 3 rings (SSSR count). The van der Waals surface area contributed by atoms with Crippen molar-refractivity contribution in [3.05, 3.63) is 99.2 Å². The summed E-state index contributed by atoms with van der Waals surface area (Å²) in [5.41, 5.74) is 0.910. The molecule has 0 heterocycles. The smallest absolute Gasteiger partial charge is 0.343 e. The molecule has 7 nitrogen and oxygen atoms in total. The van der Waals surface area contributed by atoms with Crippen molar-refractivity contribution in [3.63, 3.8) is 0 Å². The van der Waals surface area contributed by atoms with Gasteiger partial charge in [0.2, 0.25) is 0 Å². The van der Waals surface area contributed by atoms with Crippen molar-refractivity contribution in [2.75, 3.05) is 7.11 Å². The number of methoxy groups -OCH3 is 1. The fourth-order valence-corrected chi connectivity index (χ4v) is 3.14. The topological polar surface area (TPSA) is 100 Å². The van der Waals surface area contributed by atoms with E-state index >= 15 is 0 Å². The molecule has 1 unspecified atom stereocenters. The summed E-state index contributed by atoms with van der Waals surface area (Å²) < 4.78 is 11.3. The lowest BCUT2D eigenvalue weighted by atomic mass is 10.1. The number of carbonyl (C=O) groups is 2. The monoisotopic (exact) mass is 483 g/mol. The highest BCUT2D eigenvalue weighted by molar-refractivity contribution is 9.10. The van der Waals surface area contributed by atoms with Crippen LogP contribution in [0.5, 0.6) is 11.5 Å². The molecule has 0 aliphatic heterocycles. The van der Waals surface area contributed by atoms with Gasteiger partial charge in [-0.3, -0.25) is 4.79 Å². The fraction of sp³-hybridized carbons (Fsp3) is 0.0435. The summed E-state index contributed by atoms with van der Waals surface area (Å²) in [7, 11) is 1.54. The van der Waals surface area contributed by atoms with Gasteiger partial charge in [0, 0.05) is 22.2 Å². The molecule has 3 aromatic carbocycles. The highest BCUT2D eigenvalue weighted by Gasteiger charge is 2.17. The van der Waals surface area contributed by atoms with E-state index in [1.165, 1.54) is 36.4 Å². The molecule has 0 amide bonds. The number of hydrogen-bond acceptors (Lipinski definition) is 6. The van der Waals surface area contributed by atoms with Gasteiger partial charge in [0.25, 0.3) is 0 Å². The zero-order valence-corrected chi connectivity index (χ0v) is 18.0. The highest BCUT2D eigenvalue weighted by Crippen LogP contribution is 2.26. The first-order valence-corrected chi connectivity index (χ1v) is 9.89. The normalized spacial score (nSPS) is 11.9. The van der Waals surface area contributed by atoms with Crippen LogP contribution in [0.4, 0.5) is 5.69 Å². The van der Waals surface area contributed by atoms with Crippen LogP contribution in [0.1, 0.15) is 26.3 Å². The van der Waals surface area contributed by atoms with Crippen molar-refractivity contribution in [2.24, 2.45) is 0 Å². The molecule has 0 radical (unpaired) electrons. The minimum absolute atomic E-state index is 0.0405. The quantitative estimate of drug-likeness (QED) is 0.173. The Kier molecular flexibility index (Phi) is 7.32. The molecular formula is C23H18BrNO6. The van der Waals surface area contributed by atoms with Crippen LogP contribution >= 0.6 is 15.9 Å². The maximum Gasteiger partial charge on any atom is 0.343 e. The Labute approximate surface area is 186 Å². The maximum atomic E-state index is 12.8. The van der Waals surface area contributed by atoms with Gasteiger partial charge < -0.3 is 14.7 Å². The van der Waals surface area contributed by atoms with Gasteiger partial charge in [-0.25, -0.2) is 10.0 Å². The molecule has 31 heavy (non-hydrogen) atoms. The van der Waals surface area contributed by atoms with Crippen LogP contribution in [0.25, 0.3) is 6.08 Å². The Morgan fingerprint density at radius 1 is 1.03 bits per heavy atom. The Hall–Kier alpha value is -3.30. The third kappa shape index (κ3) is 5.65. The van der Waals surface area contributed by atoms with Crippen LogP contribution in [0.3, 0.4) is 0 Å². The molecule has 3 aromatic rings. The van der Waals surface area contributed by atoms with Gasteiger partial charge in [0.1, 0.15) is 11.5 Å². The van der Waals surface area contributed by atoms with Crippen molar-refractivity contribution in [2.45, 2.75) is 0 Å². The van der Waals surface area contributed by atoms with Crippen molar-refractivity contribution < 1.29 is 29.5 Å². The molecule has 0 aliphatic rings. The van der Waals surface area contributed by atoms with Crippen LogP contribution in [-0.4, -0.2) is 24.1 Å². The number of ether oxygens (including phenoxy) is 2. The van der Waals surface area contributed by atoms with Crippen LogP contribution in [0.15, 0.2) is 77.3 Å². The van der Waals surface area contributed by atoms with E-state index in [0.29, 0.717) is 10.2 Å². The number of hydrogen-bond donors (Lipinski definition) is 2. The lowest BCUT2D eigenvalue weighted by Crippen LogP contribution is -2.99. The number of rotatable bonds is 7. The van der Waals surface area contributed by atoms with E-state index in [2.05, 4.69) is 15.9 Å². The number of quaternary nitrogens is 1. The van der Waals surface area contributed by atoms with Crippen LogP contribution < -0.4 is 14.7 Å². The van der Waals surface area contributed by atoms with Gasteiger partial charge in [-0.1, -0.05) is 40.2 Å². The van der Waals surface area contributed by atoms with E-state index in [0.717, 1.165) is 5.56 Å². The van der Waals surface area contributed by atoms with Crippen LogP contribution in [0.2, 0.25) is 0 Å². The number of nitrogens with one attached hydrogen (secondary N) is 1. The third-order valence-corrected chi connectivity index (χ3v) is 4.80. The van der Waals surface area contributed by atoms with Crippen molar-refractivity contribution in [1.29, 1.82) is 0 Å². The van der Waals surface area contributed by atoms with Gasteiger partial charge in [0.15, 0.2) is 11.5 Å². The second kappa shape index (κ2) is 10.1. The van der Waals surface area contributed by atoms with E-state index in [9.17, 15) is 14.8 Å². The van der Waals surface area contributed by atoms with Gasteiger partial charge in [-0.2, -0.15) is 5.23 Å². The summed E-state index contributed by atoms with van der Waals surface area (Å²) in [5.74, 6) is -0.475. The van der Waals surface area contributed by atoms with Crippen LogP contribution in [0, 0.1) is 5.21 Å². The Balaban J connectivity index is 1.87. The number of allylic oxidation sites excluding steroid dienone is 1. The minimum atomic E-state index is -1.16. The number of esters is 1. The molecule has 0 bridgehead atoms. The van der Waals surface area contributed by atoms with E-state index in [1.54, 1.807) is 37.5 Å². The molecule has 8 heteroatoms. The van der Waals surface area contributed by atoms with Gasteiger partial charge in [-0.15, -0.1) is 0 Å². The van der Waals surface area contributed by atoms with Crippen molar-refractivity contribution in [1.82, 2.24) is 0 Å². The summed E-state index contributed by atoms with van der Waals surface area (Å²) in [6, 6.07) is 17.4. The largest absolute Gasteiger partial charge is 0.595 e. The molecule has 1 atom stereocenters. The zero-order valence-electron chi connectivity index (χ0n) is 16.4. The van der Waals surface area contributed by atoms with E-state index in [1.807, 2.05) is 12.1 Å². The molecule has 0 saturated heterocycles. The average Bonchev–Trinajstić information content (AvgIpc) is 2.78. The second-order valence-corrected chi connectivity index (χ2v) is 7.27. The summed E-state index contributed by atoms with van der Waals surface area (Å²) >= 11 is 3.32. The highest BCUT2D eigenvalue weighted by atomic mass is 79.9. The SMILES string of the molecule is COc1ccccc1C=CC(=O)c1cc(Br)ccc1OC(=O)c1cccc([NH+]([O-])O)c1. The zero-order chi connectivity index (χ0) is 22.4. The first-order chi connectivity index (χ1) is 14.9. The first-order valence-electron chi connectivity index (χ1n) is 9.09. The predicted octanol–water partition coefficient (Wildman–Crippen LogP) is 3.98. The second-order valence-electron chi connectivity index (χ2n) is 6.36. The Morgan fingerprint density at radius 2 is 1.81 bits per heavy atom. The van der Waals surface area contributed by atoms with Crippen molar-refractivity contribution >= 4 is 39.4 Å². The molecule has 2 N–H and O–H groups in total. The molecule has 0 spiro atoms. The summed E-state index contributed by atoms with van der Waals surface area (Å²) in [5, 5.41) is 19.1. The lowest BCUT2D eigenvalue weighted by molar-refractivity contribution is -0.991. The third-order valence-electron chi connectivity index (χ3n) is 4.31. The number of halogens is 1. The summed E-state index contributed by atoms with van der Waals surface area (Å²) in [6.45, 7) is 0. The predicted molar refractivity (Wildman–Crippen MR) is 118 cm³/mol. The Morgan fingerprint density at radius 3 is 2.55 bits per heavy atom.